The molecule has 0 unspecified atom stereocenters. The van der Waals surface area contributed by atoms with Crippen LogP contribution in [0.15, 0.2) is 42.5 Å². The lowest BCUT2D eigenvalue weighted by Crippen LogP contribution is -2.31. The first-order valence-corrected chi connectivity index (χ1v) is 11.0. The molecule has 0 atom stereocenters. The molecule has 1 aliphatic rings. The fraction of sp³-hybridized carbons (Fsp3) is 0.435. The Labute approximate surface area is 189 Å². The van der Waals surface area contributed by atoms with Gasteiger partial charge in [0.2, 0.25) is 0 Å². The third-order valence-corrected chi connectivity index (χ3v) is 5.62. The van der Waals surface area contributed by atoms with Crippen LogP contribution in [-0.4, -0.2) is 57.1 Å². The van der Waals surface area contributed by atoms with Gasteiger partial charge < -0.3 is 24.0 Å². The molecule has 0 aromatic heterocycles. The monoisotopic (exact) mass is 448 g/mol. The normalized spacial score (nSPS) is 12.9. The second kappa shape index (κ2) is 11.5. The molecule has 0 radical (unpaired) electrons. The van der Waals surface area contributed by atoms with Crippen molar-refractivity contribution in [1.82, 2.24) is 4.90 Å². The minimum absolute atomic E-state index is 0.447. The van der Waals surface area contributed by atoms with Crippen LogP contribution in [0.1, 0.15) is 18.4 Å². The minimum atomic E-state index is 0.447. The predicted molar refractivity (Wildman–Crippen MR) is 126 cm³/mol. The molecule has 0 N–H and O–H groups in total. The van der Waals surface area contributed by atoms with E-state index in [0.717, 1.165) is 63.5 Å². The molecule has 7 heteroatoms. The fourth-order valence-corrected chi connectivity index (χ4v) is 3.76. The maximum absolute atomic E-state index is 5.96. The van der Waals surface area contributed by atoms with E-state index in [-0.39, 0.29) is 0 Å². The van der Waals surface area contributed by atoms with Gasteiger partial charge in [0.25, 0.3) is 5.17 Å². The van der Waals surface area contributed by atoms with E-state index < -0.39 is 0 Å². The van der Waals surface area contributed by atoms with Crippen molar-refractivity contribution in [3.05, 3.63) is 53.1 Å². The van der Waals surface area contributed by atoms with Crippen molar-refractivity contribution in [3.63, 3.8) is 0 Å². The van der Waals surface area contributed by atoms with Crippen LogP contribution in [0.5, 0.6) is 11.5 Å². The van der Waals surface area contributed by atoms with Crippen LogP contribution in [0.2, 0.25) is 5.02 Å². The van der Waals surface area contributed by atoms with Crippen LogP contribution in [0.4, 0.5) is 5.69 Å². The lowest BCUT2D eigenvalue weighted by Gasteiger charge is -2.20. The number of unbranched alkanes of at least 4 members (excludes halogenated alkanes) is 1. The fourth-order valence-electron chi connectivity index (χ4n) is 3.35. The number of hydrogen-bond acceptors (Lipinski definition) is 5. The Hall–Kier alpha value is -1.86. The minimum Gasteiger partial charge on any atom is -0.494 e. The molecule has 0 spiro atoms. The lowest BCUT2D eigenvalue weighted by atomic mass is 10.1. The predicted octanol–water partition coefficient (Wildman–Crippen LogP) is 4.80. The molecule has 0 bridgehead atoms. The van der Waals surface area contributed by atoms with Crippen molar-refractivity contribution in [2.75, 3.05) is 51.9 Å². The maximum atomic E-state index is 5.96. The maximum Gasteiger partial charge on any atom is 0.269 e. The van der Waals surface area contributed by atoms with Crippen LogP contribution in [-0.2, 0) is 11.2 Å². The van der Waals surface area contributed by atoms with E-state index in [0.29, 0.717) is 15.9 Å². The third-order valence-electron chi connectivity index (χ3n) is 5.07. The molecule has 5 nitrogen and oxygen atoms in total. The lowest BCUT2D eigenvalue weighted by molar-refractivity contribution is 0.159. The number of likely N-dealkylation sites (N-methyl/N-ethyl adjacent to an activating group) is 1. The van der Waals surface area contributed by atoms with E-state index in [1.54, 1.807) is 19.2 Å². The molecular formula is C23H29ClN2O3S. The van der Waals surface area contributed by atoms with Gasteiger partial charge in [0, 0.05) is 30.9 Å². The molecule has 1 heterocycles. The second-order valence-electron chi connectivity index (χ2n) is 7.37. The van der Waals surface area contributed by atoms with Crippen molar-refractivity contribution in [1.29, 1.82) is 0 Å². The van der Waals surface area contributed by atoms with Gasteiger partial charge in [-0.3, -0.25) is 0 Å². The zero-order valence-corrected chi connectivity index (χ0v) is 19.2. The van der Waals surface area contributed by atoms with E-state index in [9.17, 15) is 0 Å². The molecule has 0 saturated heterocycles. The van der Waals surface area contributed by atoms with Crippen molar-refractivity contribution in [2.24, 2.45) is 0 Å². The van der Waals surface area contributed by atoms with Crippen molar-refractivity contribution >= 4 is 34.7 Å². The molecule has 0 amide bonds. The molecule has 162 valence electrons. The zero-order chi connectivity index (χ0) is 21.3. The summed E-state index contributed by atoms with van der Waals surface area (Å²) in [6, 6.07) is 13.4. The van der Waals surface area contributed by atoms with E-state index in [1.165, 1.54) is 5.56 Å². The standard InChI is InChI=1S/C23H29ClN2O3S/c1-25(14-16-27-2)12-3-4-15-28-21-9-10-22-18(17-21)11-13-26(22)23(30)29-20-7-5-19(24)6-8-20/h5-10,17H,3-4,11-16H2,1-2H3. The molecule has 2 aromatic carbocycles. The van der Waals surface area contributed by atoms with Gasteiger partial charge in [-0.15, -0.1) is 0 Å². The SMILES string of the molecule is COCCN(C)CCCCOc1ccc2c(c1)CCN2C(=S)Oc1ccc(Cl)cc1. The summed E-state index contributed by atoms with van der Waals surface area (Å²) in [6.07, 6.45) is 3.05. The number of nitrogens with zero attached hydrogens (tertiary/aromatic N) is 2. The van der Waals surface area contributed by atoms with E-state index >= 15 is 0 Å². The summed E-state index contributed by atoms with van der Waals surface area (Å²) in [5.41, 5.74) is 2.31. The van der Waals surface area contributed by atoms with E-state index in [1.807, 2.05) is 23.1 Å². The van der Waals surface area contributed by atoms with Crippen LogP contribution in [0, 0.1) is 0 Å². The van der Waals surface area contributed by atoms with Crippen molar-refractivity contribution < 1.29 is 14.2 Å². The summed E-state index contributed by atoms with van der Waals surface area (Å²) < 4.78 is 16.9. The first-order chi connectivity index (χ1) is 14.6. The van der Waals surface area contributed by atoms with Crippen LogP contribution in [0.25, 0.3) is 0 Å². The Bertz CT molecular complexity index is 832. The Morgan fingerprint density at radius 1 is 1.07 bits per heavy atom. The van der Waals surface area contributed by atoms with Gasteiger partial charge in [0.05, 0.1) is 13.2 Å². The number of rotatable bonds is 10. The zero-order valence-electron chi connectivity index (χ0n) is 17.6. The summed E-state index contributed by atoms with van der Waals surface area (Å²) in [5.74, 6) is 1.60. The number of hydrogen-bond donors (Lipinski definition) is 0. The molecule has 0 fully saturated rings. The highest BCUT2D eigenvalue weighted by Crippen LogP contribution is 2.32. The number of anilines is 1. The highest BCUT2D eigenvalue weighted by atomic mass is 35.5. The Kier molecular flexibility index (Phi) is 8.75. The van der Waals surface area contributed by atoms with E-state index in [4.69, 9.17) is 38.0 Å². The van der Waals surface area contributed by atoms with Gasteiger partial charge in [-0.1, -0.05) is 11.6 Å². The topological polar surface area (TPSA) is 34.2 Å². The van der Waals surface area contributed by atoms with Crippen molar-refractivity contribution in [2.45, 2.75) is 19.3 Å². The molecular weight excluding hydrogens is 420 g/mol. The Morgan fingerprint density at radius 2 is 1.83 bits per heavy atom. The molecule has 0 saturated carbocycles. The Balaban J connectivity index is 1.46. The quantitative estimate of drug-likeness (QED) is 0.383. The average Bonchev–Trinajstić information content (AvgIpc) is 3.17. The highest BCUT2D eigenvalue weighted by molar-refractivity contribution is 7.80. The number of benzene rings is 2. The second-order valence-corrected chi connectivity index (χ2v) is 8.15. The van der Waals surface area contributed by atoms with Gasteiger partial charge in [-0.2, -0.15) is 0 Å². The molecule has 3 rings (SSSR count). The highest BCUT2D eigenvalue weighted by Gasteiger charge is 2.24. The van der Waals surface area contributed by atoms with Gasteiger partial charge in [0.1, 0.15) is 11.5 Å². The van der Waals surface area contributed by atoms with E-state index in [2.05, 4.69) is 24.1 Å². The average molecular weight is 449 g/mol. The van der Waals surface area contributed by atoms with Crippen molar-refractivity contribution in [3.8, 4) is 11.5 Å². The summed E-state index contributed by atoms with van der Waals surface area (Å²) >= 11 is 11.4. The van der Waals surface area contributed by atoms with Gasteiger partial charge in [-0.25, -0.2) is 0 Å². The first-order valence-electron chi connectivity index (χ1n) is 10.2. The molecule has 0 aliphatic carbocycles. The third kappa shape index (κ3) is 6.57. The summed E-state index contributed by atoms with van der Waals surface area (Å²) in [7, 11) is 3.85. The first kappa shape index (κ1) is 22.8. The van der Waals surface area contributed by atoms with Crippen LogP contribution in [0.3, 0.4) is 0 Å². The molecule has 2 aromatic rings. The van der Waals surface area contributed by atoms with Gasteiger partial charge in [0.15, 0.2) is 0 Å². The van der Waals surface area contributed by atoms with Crippen LogP contribution < -0.4 is 14.4 Å². The van der Waals surface area contributed by atoms with Gasteiger partial charge in [-0.05, 0) is 93.1 Å². The molecule has 1 aliphatic heterocycles. The van der Waals surface area contributed by atoms with Crippen LogP contribution >= 0.6 is 23.8 Å². The summed E-state index contributed by atoms with van der Waals surface area (Å²) in [5, 5.41) is 1.12. The largest absolute Gasteiger partial charge is 0.494 e. The number of methoxy groups -OCH3 is 1. The molecule has 30 heavy (non-hydrogen) atoms. The number of fused-ring (bicyclic) bond motifs is 1. The summed E-state index contributed by atoms with van der Waals surface area (Å²) in [4.78, 5) is 4.31. The van der Waals surface area contributed by atoms with Gasteiger partial charge >= 0.3 is 0 Å². The smallest absolute Gasteiger partial charge is 0.269 e. The number of ether oxygens (including phenoxy) is 3. The number of halogens is 1. The number of thiocarbonyl (C=S) groups is 1. The Morgan fingerprint density at radius 3 is 2.60 bits per heavy atom. The summed E-state index contributed by atoms with van der Waals surface area (Å²) in [6.45, 7) is 4.31.